The number of hydrogen-bond acceptors (Lipinski definition) is 5. The van der Waals surface area contributed by atoms with Gasteiger partial charge in [0.05, 0.1) is 19.1 Å². The molecule has 2 aromatic carbocycles. The molecule has 0 aliphatic heterocycles. The summed E-state index contributed by atoms with van der Waals surface area (Å²) in [6.07, 6.45) is 1.05. The van der Waals surface area contributed by atoms with Gasteiger partial charge in [0.25, 0.3) is 0 Å². The van der Waals surface area contributed by atoms with Crippen LogP contribution in [0.25, 0.3) is 0 Å². The Morgan fingerprint density at radius 3 is 2.24 bits per heavy atom. The lowest BCUT2D eigenvalue weighted by molar-refractivity contribution is -0.140. The molecule has 1 unspecified atom stereocenters. The number of rotatable bonds is 9. The first-order chi connectivity index (χ1) is 15.7. The highest BCUT2D eigenvalue weighted by molar-refractivity contribution is 9.10. The monoisotopic (exact) mass is 553 g/mol. The maximum atomic E-state index is 13.5. The number of halogens is 1. The zero-order valence-electron chi connectivity index (χ0n) is 20.3. The smallest absolute Gasteiger partial charge is 0.244 e. The first-order valence-electron chi connectivity index (χ1n) is 10.7. The number of benzene rings is 2. The number of hydrogen-bond donors (Lipinski definition) is 1. The van der Waals surface area contributed by atoms with E-state index in [2.05, 4.69) is 21.2 Å². The van der Waals surface area contributed by atoms with Gasteiger partial charge in [0.1, 0.15) is 18.3 Å². The molecule has 1 atom stereocenters. The van der Waals surface area contributed by atoms with E-state index in [1.807, 2.05) is 20.8 Å². The molecule has 0 saturated carbocycles. The number of sulfonamides is 1. The molecule has 0 heterocycles. The molecule has 0 saturated heterocycles. The fourth-order valence-corrected chi connectivity index (χ4v) is 4.46. The molecule has 0 aliphatic carbocycles. The minimum Gasteiger partial charge on any atom is -0.497 e. The maximum Gasteiger partial charge on any atom is 0.244 e. The van der Waals surface area contributed by atoms with E-state index in [0.717, 1.165) is 16.1 Å². The highest BCUT2D eigenvalue weighted by atomic mass is 79.9. The molecule has 2 amide bonds. The van der Waals surface area contributed by atoms with E-state index in [4.69, 9.17) is 4.74 Å². The molecular weight excluding hydrogens is 522 g/mol. The van der Waals surface area contributed by atoms with Gasteiger partial charge in [-0.05, 0) is 63.6 Å². The Kier molecular flexibility index (Phi) is 9.13. The summed E-state index contributed by atoms with van der Waals surface area (Å²) in [5, 5.41) is 2.89. The first-order valence-corrected chi connectivity index (χ1v) is 13.3. The van der Waals surface area contributed by atoms with Gasteiger partial charge in [-0.1, -0.05) is 34.1 Å². The van der Waals surface area contributed by atoms with Crippen LogP contribution in [0.1, 0.15) is 33.3 Å². The number of anilines is 1. The second-order valence-corrected chi connectivity index (χ2v) is 11.9. The van der Waals surface area contributed by atoms with Crippen molar-refractivity contribution in [2.45, 2.75) is 45.8 Å². The Balaban J connectivity index is 2.40. The zero-order chi connectivity index (χ0) is 25.7. The lowest BCUT2D eigenvalue weighted by atomic mass is 10.1. The normalized spacial score (nSPS) is 12.6. The molecule has 186 valence electrons. The standard InChI is InChI=1S/C24H32BrN3O5S/c1-17(23(30)26-24(2,3)4)27(15-18-10-12-21(33-5)13-11-18)22(29)16-28(34(6,31)32)20-9-7-8-19(25)14-20/h7-14,17H,15-16H2,1-6H3,(H,26,30). The third-order valence-corrected chi connectivity index (χ3v) is 6.59. The summed E-state index contributed by atoms with van der Waals surface area (Å²) in [6.45, 7) is 6.87. The van der Waals surface area contributed by atoms with Crippen LogP contribution in [-0.2, 0) is 26.2 Å². The molecule has 2 aromatic rings. The Hall–Kier alpha value is -2.59. The van der Waals surface area contributed by atoms with Crippen molar-refractivity contribution in [3.8, 4) is 5.75 Å². The first kappa shape index (κ1) is 27.7. The van der Waals surface area contributed by atoms with E-state index in [9.17, 15) is 18.0 Å². The zero-order valence-corrected chi connectivity index (χ0v) is 22.7. The van der Waals surface area contributed by atoms with E-state index in [1.165, 1.54) is 4.90 Å². The predicted molar refractivity (Wildman–Crippen MR) is 137 cm³/mol. The van der Waals surface area contributed by atoms with Crippen LogP contribution in [0.2, 0.25) is 0 Å². The lowest BCUT2D eigenvalue weighted by Gasteiger charge is -2.33. The molecule has 0 spiro atoms. The van der Waals surface area contributed by atoms with E-state index in [0.29, 0.717) is 15.9 Å². The topological polar surface area (TPSA) is 96.0 Å². The molecular formula is C24H32BrN3O5S. The molecule has 0 radical (unpaired) electrons. The molecule has 2 rings (SSSR count). The van der Waals surface area contributed by atoms with Gasteiger partial charge in [-0.15, -0.1) is 0 Å². The molecule has 0 fully saturated rings. The Morgan fingerprint density at radius 1 is 1.12 bits per heavy atom. The quantitative estimate of drug-likeness (QED) is 0.512. The van der Waals surface area contributed by atoms with Crippen molar-refractivity contribution >= 4 is 43.5 Å². The van der Waals surface area contributed by atoms with Gasteiger partial charge in [0, 0.05) is 16.6 Å². The molecule has 8 nitrogen and oxygen atoms in total. The molecule has 0 aromatic heterocycles. The third kappa shape index (κ3) is 8.02. The summed E-state index contributed by atoms with van der Waals surface area (Å²) in [7, 11) is -2.21. The number of amides is 2. The van der Waals surface area contributed by atoms with E-state index in [1.54, 1.807) is 62.6 Å². The van der Waals surface area contributed by atoms with Crippen molar-refractivity contribution < 1.29 is 22.7 Å². The van der Waals surface area contributed by atoms with Crippen LogP contribution in [0.3, 0.4) is 0 Å². The number of nitrogens with one attached hydrogen (secondary N) is 1. The number of nitrogens with zero attached hydrogens (tertiary/aromatic N) is 2. The minimum absolute atomic E-state index is 0.123. The molecule has 1 N–H and O–H groups in total. The summed E-state index contributed by atoms with van der Waals surface area (Å²) in [6, 6.07) is 13.0. The predicted octanol–water partition coefficient (Wildman–Crippen LogP) is 3.56. The highest BCUT2D eigenvalue weighted by Crippen LogP contribution is 2.23. The van der Waals surface area contributed by atoms with Crippen molar-refractivity contribution in [3.63, 3.8) is 0 Å². The van der Waals surface area contributed by atoms with E-state index >= 15 is 0 Å². The van der Waals surface area contributed by atoms with Crippen molar-refractivity contribution in [1.29, 1.82) is 0 Å². The fourth-order valence-electron chi connectivity index (χ4n) is 3.23. The van der Waals surface area contributed by atoms with Crippen LogP contribution >= 0.6 is 15.9 Å². The summed E-state index contributed by atoms with van der Waals surface area (Å²) >= 11 is 3.34. The van der Waals surface area contributed by atoms with Crippen LogP contribution in [0, 0.1) is 0 Å². The van der Waals surface area contributed by atoms with E-state index < -0.39 is 34.1 Å². The van der Waals surface area contributed by atoms with Crippen molar-refractivity contribution in [2.24, 2.45) is 0 Å². The van der Waals surface area contributed by atoms with Crippen molar-refractivity contribution in [1.82, 2.24) is 10.2 Å². The average Bonchev–Trinajstić information content (AvgIpc) is 2.73. The van der Waals surface area contributed by atoms with Gasteiger partial charge in [-0.3, -0.25) is 13.9 Å². The lowest BCUT2D eigenvalue weighted by Crippen LogP contribution is -2.54. The van der Waals surface area contributed by atoms with Crippen LogP contribution in [0.15, 0.2) is 53.0 Å². The fraction of sp³-hybridized carbons (Fsp3) is 0.417. The van der Waals surface area contributed by atoms with Crippen molar-refractivity contribution in [2.75, 3.05) is 24.2 Å². The molecule has 10 heteroatoms. The Bertz CT molecular complexity index is 1110. The largest absolute Gasteiger partial charge is 0.497 e. The summed E-state index contributed by atoms with van der Waals surface area (Å²) in [4.78, 5) is 27.8. The average molecular weight is 555 g/mol. The van der Waals surface area contributed by atoms with Crippen molar-refractivity contribution in [3.05, 3.63) is 58.6 Å². The van der Waals surface area contributed by atoms with Crippen LogP contribution in [0.4, 0.5) is 5.69 Å². The van der Waals surface area contributed by atoms with Gasteiger partial charge in [-0.2, -0.15) is 0 Å². The summed E-state index contributed by atoms with van der Waals surface area (Å²) in [5.74, 6) is -0.168. The minimum atomic E-state index is -3.77. The second-order valence-electron chi connectivity index (χ2n) is 9.03. The van der Waals surface area contributed by atoms with Gasteiger partial charge in [-0.25, -0.2) is 8.42 Å². The van der Waals surface area contributed by atoms with Crippen LogP contribution in [-0.4, -0.2) is 56.6 Å². The number of carbonyl (C=O) groups is 2. The van der Waals surface area contributed by atoms with Gasteiger partial charge in [0.15, 0.2) is 0 Å². The summed E-state index contributed by atoms with van der Waals surface area (Å²) in [5.41, 5.74) is 0.634. The van der Waals surface area contributed by atoms with Gasteiger partial charge < -0.3 is 15.0 Å². The van der Waals surface area contributed by atoms with E-state index in [-0.39, 0.29) is 12.5 Å². The SMILES string of the molecule is COc1ccc(CN(C(=O)CN(c2cccc(Br)c2)S(C)(=O)=O)C(C)C(=O)NC(C)(C)C)cc1. The maximum absolute atomic E-state index is 13.5. The molecule has 0 aliphatic rings. The Labute approximate surface area is 210 Å². The Morgan fingerprint density at radius 2 is 1.74 bits per heavy atom. The number of methoxy groups -OCH3 is 1. The number of ether oxygens (including phenoxy) is 1. The molecule has 0 bridgehead atoms. The highest BCUT2D eigenvalue weighted by Gasteiger charge is 2.31. The summed E-state index contributed by atoms with van der Waals surface area (Å²) < 4.78 is 32.0. The van der Waals surface area contributed by atoms with Crippen LogP contribution < -0.4 is 14.4 Å². The third-order valence-electron chi connectivity index (χ3n) is 4.95. The molecule has 34 heavy (non-hydrogen) atoms. The van der Waals surface area contributed by atoms with Gasteiger partial charge in [0.2, 0.25) is 21.8 Å². The number of carbonyl (C=O) groups excluding carboxylic acids is 2. The van der Waals surface area contributed by atoms with Gasteiger partial charge >= 0.3 is 0 Å². The van der Waals surface area contributed by atoms with Crippen LogP contribution in [0.5, 0.6) is 5.75 Å². The second kappa shape index (κ2) is 11.2.